The molecule has 1 aromatic heterocycles. The number of para-hydroxylation sites is 1. The van der Waals surface area contributed by atoms with Crippen LogP contribution in [0.2, 0.25) is 0 Å². The Kier molecular flexibility index (Phi) is 15.5. The number of anilines is 1. The van der Waals surface area contributed by atoms with Crippen molar-refractivity contribution in [3.63, 3.8) is 0 Å². The first-order chi connectivity index (χ1) is 32.5. The molecule has 0 radical (unpaired) electrons. The minimum Gasteiger partial charge on any atom is -0.442 e. The van der Waals surface area contributed by atoms with Crippen molar-refractivity contribution in [1.29, 1.82) is 0 Å². The number of imide groups is 1. The fraction of sp³-hybridized carbons (Fsp3) is 0.420. The summed E-state index contributed by atoms with van der Waals surface area (Å²) in [6, 6.07) is 22.1. The van der Waals surface area contributed by atoms with Crippen LogP contribution in [0.25, 0.3) is 10.9 Å². The number of fused-ring (bicyclic) bond motifs is 2. The lowest BCUT2D eigenvalue weighted by molar-refractivity contribution is -0.172. The van der Waals surface area contributed by atoms with Crippen LogP contribution in [-0.2, 0) is 40.0 Å². The Labute approximate surface area is 394 Å². The van der Waals surface area contributed by atoms with Gasteiger partial charge in [0.1, 0.15) is 17.8 Å². The Morgan fingerprint density at radius 2 is 1.51 bits per heavy atom. The lowest BCUT2D eigenvalue weighted by Crippen LogP contribution is -2.63. The number of likely N-dealkylation sites (tertiary alicyclic amines) is 1. The highest BCUT2D eigenvalue weighted by molar-refractivity contribution is 6.03. The van der Waals surface area contributed by atoms with E-state index in [1.54, 1.807) is 18.2 Å². The van der Waals surface area contributed by atoms with Crippen LogP contribution in [-0.4, -0.2) is 105 Å². The lowest BCUT2D eigenvalue weighted by atomic mass is 9.70. The monoisotopic (exact) mass is 930 g/mol. The van der Waals surface area contributed by atoms with E-state index in [1.807, 2.05) is 68.1 Å². The number of aromatic nitrogens is 1. The molecule has 3 heterocycles. The molecule has 18 heteroatoms. The summed E-state index contributed by atoms with van der Waals surface area (Å²) in [5.74, 6) is -4.35. The van der Waals surface area contributed by atoms with Gasteiger partial charge in [-0.2, -0.15) is 0 Å². The predicted octanol–water partition coefficient (Wildman–Crippen LogP) is 4.57. The molecule has 7 amide bonds. The van der Waals surface area contributed by atoms with Gasteiger partial charge in [0.05, 0.1) is 29.6 Å². The van der Waals surface area contributed by atoms with Gasteiger partial charge in [-0.05, 0) is 100 Å². The zero-order chi connectivity index (χ0) is 48.5. The molecule has 4 aromatic rings. The van der Waals surface area contributed by atoms with Gasteiger partial charge in [-0.25, -0.2) is 14.6 Å². The summed E-state index contributed by atoms with van der Waals surface area (Å²) in [5, 5.41) is 12.7. The summed E-state index contributed by atoms with van der Waals surface area (Å²) < 4.78 is 6.30. The largest absolute Gasteiger partial charge is 0.442 e. The molecule has 1 aliphatic carbocycles. The molecule has 68 heavy (non-hydrogen) atoms. The molecule has 2 unspecified atom stereocenters. The molecule has 358 valence electrons. The average molecular weight is 931 g/mol. The van der Waals surface area contributed by atoms with Gasteiger partial charge in [0.15, 0.2) is 0 Å². The fourth-order valence-electron chi connectivity index (χ4n) is 9.27. The lowest BCUT2D eigenvalue weighted by Gasteiger charge is -2.48. The number of primary amides is 1. The molecule has 18 nitrogen and oxygen atoms in total. The second-order valence-electron chi connectivity index (χ2n) is 18.7. The van der Waals surface area contributed by atoms with Gasteiger partial charge >= 0.3 is 12.1 Å². The maximum Gasteiger partial charge on any atom is 0.412 e. The van der Waals surface area contributed by atoms with Crippen molar-refractivity contribution in [3.05, 3.63) is 108 Å². The van der Waals surface area contributed by atoms with E-state index >= 15 is 0 Å². The molecular weight excluding hydrogens is 873 g/mol. The summed E-state index contributed by atoms with van der Waals surface area (Å²) >= 11 is 0. The number of hydrogen-bond acceptors (Lipinski definition) is 12. The van der Waals surface area contributed by atoms with E-state index in [4.69, 9.17) is 15.3 Å². The number of benzene rings is 3. The van der Waals surface area contributed by atoms with Crippen LogP contribution in [0.15, 0.2) is 91.0 Å². The van der Waals surface area contributed by atoms with Gasteiger partial charge in [-0.3, -0.25) is 39.0 Å². The highest BCUT2D eigenvalue weighted by Gasteiger charge is 2.45. The van der Waals surface area contributed by atoms with E-state index in [2.05, 4.69) is 26.3 Å². The molecule has 2 saturated heterocycles. The topological polar surface area (TPSA) is 249 Å². The normalized spacial score (nSPS) is 19.8. The number of nitrogens with zero attached hydrogens (tertiary/aromatic N) is 3. The third-order valence-electron chi connectivity index (χ3n) is 12.5. The maximum atomic E-state index is 14.5. The van der Waals surface area contributed by atoms with Gasteiger partial charge in [-0.15, -0.1) is 5.06 Å². The minimum absolute atomic E-state index is 0.000347. The first-order valence-corrected chi connectivity index (χ1v) is 23.0. The number of amides is 7. The highest BCUT2D eigenvalue weighted by atomic mass is 16.7. The minimum atomic E-state index is -1.46. The standard InChI is InChI=1S/C50H58N8O10/c1-50(2,3)56-47(64)44-35-15-9-7-13-31(35)25-26-57(44)29-40(67-49(66)52-34-20-17-33(18-21-34)48(65)68-58-42(60)23-24-43(58)61)38(27-30-11-5-4-6-12-30)54-46(63)39(28-41(51)59)55-45(62)37-22-19-32-14-8-10-16-36(32)53-37/h4-6,8,10-12,14,16-22,31,35,38-40,44H,7,9,13,15,23-29H2,1-3H3,(H2,51,59)(H,52,66)(H,54,63)(H,55,62)(H,56,64)/t31?,35?,38-,39+,40+,44-/m1/s1. The number of pyridine rings is 1. The summed E-state index contributed by atoms with van der Waals surface area (Å²) in [4.78, 5) is 117. The molecule has 6 N–H and O–H groups in total. The molecule has 6 atom stereocenters. The summed E-state index contributed by atoms with van der Waals surface area (Å²) in [5.41, 5.74) is 6.64. The number of carbonyl (C=O) groups is 8. The number of ether oxygens (including phenoxy) is 1. The van der Waals surface area contributed by atoms with Crippen molar-refractivity contribution in [2.45, 2.75) is 108 Å². The maximum absolute atomic E-state index is 14.5. The van der Waals surface area contributed by atoms with E-state index in [-0.39, 0.29) is 54.6 Å². The van der Waals surface area contributed by atoms with Crippen molar-refractivity contribution >= 4 is 64.1 Å². The SMILES string of the molecule is CC(C)(C)NC(=O)[C@H]1C2CCCCC2CCN1C[C@H](OC(=O)Nc1ccc(C(=O)ON2C(=O)CCC2=O)cc1)[C@@H](Cc1ccccc1)NC(=O)[C@H](CC(N)=O)NC(=O)c1ccc2ccccc2n1. The smallest absolute Gasteiger partial charge is 0.412 e. The molecule has 3 aliphatic rings. The molecule has 0 spiro atoms. The van der Waals surface area contributed by atoms with Crippen molar-refractivity contribution in [1.82, 2.24) is 30.9 Å². The van der Waals surface area contributed by atoms with Gasteiger partial charge in [-0.1, -0.05) is 73.9 Å². The average Bonchev–Trinajstić information content (AvgIpc) is 3.62. The number of hydroxylamine groups is 2. The third kappa shape index (κ3) is 12.6. The zero-order valence-corrected chi connectivity index (χ0v) is 38.4. The van der Waals surface area contributed by atoms with E-state index in [1.165, 1.54) is 30.3 Å². The van der Waals surface area contributed by atoms with Gasteiger partial charge in [0.2, 0.25) is 17.7 Å². The van der Waals surface area contributed by atoms with Crippen molar-refractivity contribution in [2.75, 3.05) is 18.4 Å². The van der Waals surface area contributed by atoms with Crippen LogP contribution in [0.3, 0.4) is 0 Å². The van der Waals surface area contributed by atoms with E-state index in [9.17, 15) is 38.4 Å². The molecular formula is C50H58N8O10. The Bertz CT molecular complexity index is 2510. The number of nitrogens with two attached hydrogens (primary N) is 1. The number of carbonyl (C=O) groups excluding carboxylic acids is 8. The fourth-order valence-corrected chi connectivity index (χ4v) is 9.27. The van der Waals surface area contributed by atoms with Gasteiger partial charge in [0.25, 0.3) is 17.7 Å². The predicted molar refractivity (Wildman–Crippen MR) is 249 cm³/mol. The van der Waals surface area contributed by atoms with Crippen molar-refractivity contribution in [2.24, 2.45) is 17.6 Å². The quantitative estimate of drug-likeness (QED) is 0.0971. The third-order valence-corrected chi connectivity index (χ3v) is 12.5. The number of rotatable bonds is 16. The van der Waals surface area contributed by atoms with Crippen LogP contribution in [0.5, 0.6) is 0 Å². The molecule has 2 aliphatic heterocycles. The Hall–Kier alpha value is -7.21. The number of nitrogens with one attached hydrogen (secondary N) is 4. The Balaban J connectivity index is 1.18. The number of hydrogen-bond donors (Lipinski definition) is 5. The van der Waals surface area contributed by atoms with Crippen molar-refractivity contribution < 1.29 is 47.9 Å². The Morgan fingerprint density at radius 1 is 0.824 bits per heavy atom. The Morgan fingerprint density at radius 3 is 2.22 bits per heavy atom. The van der Waals surface area contributed by atoms with Crippen LogP contribution < -0.4 is 27.0 Å². The highest BCUT2D eigenvalue weighted by Crippen LogP contribution is 2.40. The first-order valence-electron chi connectivity index (χ1n) is 23.0. The van der Waals surface area contributed by atoms with Crippen LogP contribution in [0.4, 0.5) is 10.5 Å². The van der Waals surface area contributed by atoms with E-state index in [0.29, 0.717) is 23.0 Å². The van der Waals surface area contributed by atoms with Crippen LogP contribution in [0.1, 0.15) is 98.5 Å². The molecule has 3 aromatic carbocycles. The van der Waals surface area contributed by atoms with Crippen LogP contribution in [0, 0.1) is 11.8 Å². The summed E-state index contributed by atoms with van der Waals surface area (Å²) in [6.07, 6.45) is 2.04. The summed E-state index contributed by atoms with van der Waals surface area (Å²) in [7, 11) is 0. The molecule has 0 bridgehead atoms. The van der Waals surface area contributed by atoms with Gasteiger partial charge in [0, 0.05) is 36.0 Å². The molecule has 3 fully saturated rings. The van der Waals surface area contributed by atoms with Gasteiger partial charge < -0.3 is 31.3 Å². The van der Waals surface area contributed by atoms with E-state index < -0.39 is 77.8 Å². The van der Waals surface area contributed by atoms with Crippen molar-refractivity contribution in [3.8, 4) is 0 Å². The number of piperidine rings is 1. The summed E-state index contributed by atoms with van der Waals surface area (Å²) in [6.45, 7) is 6.26. The van der Waals surface area contributed by atoms with Crippen LogP contribution >= 0.6 is 0 Å². The zero-order valence-electron chi connectivity index (χ0n) is 38.4. The molecule has 1 saturated carbocycles. The molecule has 7 rings (SSSR count). The van der Waals surface area contributed by atoms with E-state index in [0.717, 1.165) is 43.1 Å². The second-order valence-corrected chi connectivity index (χ2v) is 18.7. The second kappa shape index (κ2) is 21.6. The first kappa shape index (κ1) is 48.7.